The Morgan fingerprint density at radius 3 is 2.47 bits per heavy atom. The molecule has 1 aromatic carbocycles. The Balaban J connectivity index is 1.88. The molecule has 19 heavy (non-hydrogen) atoms. The van der Waals surface area contributed by atoms with Gasteiger partial charge < -0.3 is 5.73 Å². The average Bonchev–Trinajstić information content (AvgIpc) is 2.41. The van der Waals surface area contributed by atoms with Gasteiger partial charge in [-0.25, -0.2) is 9.97 Å². The highest BCUT2D eigenvalue weighted by atomic mass is 14.9. The van der Waals surface area contributed by atoms with Crippen LogP contribution in [0.4, 0.5) is 5.69 Å². The van der Waals surface area contributed by atoms with Gasteiger partial charge in [-0.1, -0.05) is 26.0 Å². The summed E-state index contributed by atoms with van der Waals surface area (Å²) in [5.74, 6) is 1.40. The predicted octanol–water partition coefficient (Wildman–Crippen LogP) is 3.36. The first-order chi connectivity index (χ1) is 9.15. The Kier molecular flexibility index (Phi) is 4.50. The Hall–Kier alpha value is -1.90. The third-order valence-corrected chi connectivity index (χ3v) is 3.16. The molecule has 100 valence electrons. The third-order valence-electron chi connectivity index (χ3n) is 3.16. The molecule has 0 saturated carbocycles. The Morgan fingerprint density at radius 2 is 1.79 bits per heavy atom. The molecule has 0 spiro atoms. The summed E-state index contributed by atoms with van der Waals surface area (Å²) >= 11 is 0. The van der Waals surface area contributed by atoms with E-state index in [-0.39, 0.29) is 0 Å². The summed E-state index contributed by atoms with van der Waals surface area (Å²) in [6, 6.07) is 10.1. The maximum atomic E-state index is 5.67. The molecule has 0 atom stereocenters. The fourth-order valence-electron chi connectivity index (χ4n) is 1.99. The highest BCUT2D eigenvalue weighted by molar-refractivity contribution is 5.39. The molecular formula is C16H21N3. The number of aromatic nitrogens is 2. The zero-order valence-corrected chi connectivity index (χ0v) is 11.6. The Bertz CT molecular complexity index is 518. The summed E-state index contributed by atoms with van der Waals surface area (Å²) in [6.45, 7) is 4.31. The van der Waals surface area contributed by atoms with Crippen LogP contribution in [0.5, 0.6) is 0 Å². The van der Waals surface area contributed by atoms with Crippen molar-refractivity contribution in [2.75, 3.05) is 5.73 Å². The van der Waals surface area contributed by atoms with E-state index in [2.05, 4.69) is 35.9 Å². The molecule has 0 amide bonds. The number of hydrogen-bond acceptors (Lipinski definition) is 3. The van der Waals surface area contributed by atoms with E-state index in [4.69, 9.17) is 5.73 Å². The third kappa shape index (κ3) is 4.05. The van der Waals surface area contributed by atoms with Crippen LogP contribution >= 0.6 is 0 Å². The summed E-state index contributed by atoms with van der Waals surface area (Å²) < 4.78 is 0. The molecule has 3 nitrogen and oxygen atoms in total. The van der Waals surface area contributed by atoms with Gasteiger partial charge in [0, 0.05) is 24.0 Å². The van der Waals surface area contributed by atoms with Crippen LogP contribution in [0, 0.1) is 0 Å². The van der Waals surface area contributed by atoms with E-state index in [1.807, 2.05) is 24.4 Å². The highest BCUT2D eigenvalue weighted by Gasteiger charge is 2.03. The second-order valence-electron chi connectivity index (χ2n) is 5.15. The van der Waals surface area contributed by atoms with Gasteiger partial charge in [-0.15, -0.1) is 0 Å². The smallest absolute Gasteiger partial charge is 0.128 e. The van der Waals surface area contributed by atoms with Crippen LogP contribution < -0.4 is 5.73 Å². The van der Waals surface area contributed by atoms with E-state index in [1.54, 1.807) is 0 Å². The second-order valence-corrected chi connectivity index (χ2v) is 5.15. The fraction of sp³-hybridized carbons (Fsp3) is 0.375. The molecule has 2 aromatic rings. The topological polar surface area (TPSA) is 51.8 Å². The number of nitrogen functional groups attached to an aromatic ring is 1. The molecule has 0 saturated heterocycles. The number of nitrogens with zero attached hydrogens (tertiary/aromatic N) is 2. The molecule has 0 aliphatic heterocycles. The second kappa shape index (κ2) is 6.32. The van der Waals surface area contributed by atoms with Crippen LogP contribution in [0.1, 0.15) is 43.3 Å². The van der Waals surface area contributed by atoms with Gasteiger partial charge >= 0.3 is 0 Å². The quantitative estimate of drug-likeness (QED) is 0.833. The van der Waals surface area contributed by atoms with E-state index in [0.717, 1.165) is 36.5 Å². The first-order valence-electron chi connectivity index (χ1n) is 6.81. The monoisotopic (exact) mass is 255 g/mol. The molecule has 0 radical (unpaired) electrons. The molecule has 1 aromatic heterocycles. The van der Waals surface area contributed by atoms with E-state index in [9.17, 15) is 0 Å². The summed E-state index contributed by atoms with van der Waals surface area (Å²) in [5, 5.41) is 0. The average molecular weight is 255 g/mol. The van der Waals surface area contributed by atoms with Crippen molar-refractivity contribution in [2.45, 2.75) is 39.0 Å². The van der Waals surface area contributed by atoms with E-state index >= 15 is 0 Å². The zero-order chi connectivity index (χ0) is 13.7. The van der Waals surface area contributed by atoms with Crippen molar-refractivity contribution in [1.82, 2.24) is 9.97 Å². The Labute approximate surface area is 114 Å². The normalized spacial score (nSPS) is 10.9. The lowest BCUT2D eigenvalue weighted by Crippen LogP contribution is -2.01. The Morgan fingerprint density at radius 1 is 1.05 bits per heavy atom. The molecule has 0 fully saturated rings. The van der Waals surface area contributed by atoms with Crippen molar-refractivity contribution >= 4 is 5.69 Å². The number of anilines is 1. The van der Waals surface area contributed by atoms with E-state index < -0.39 is 0 Å². The molecule has 1 heterocycles. The molecule has 0 unspecified atom stereocenters. The van der Waals surface area contributed by atoms with Crippen molar-refractivity contribution in [1.29, 1.82) is 0 Å². The summed E-state index contributed by atoms with van der Waals surface area (Å²) in [4.78, 5) is 8.92. The lowest BCUT2D eigenvalue weighted by atomic mass is 10.1. The van der Waals surface area contributed by atoms with E-state index in [1.165, 1.54) is 5.56 Å². The molecule has 0 bridgehead atoms. The van der Waals surface area contributed by atoms with Crippen molar-refractivity contribution in [3.63, 3.8) is 0 Å². The van der Waals surface area contributed by atoms with Gasteiger partial charge in [-0.3, -0.25) is 0 Å². The highest BCUT2D eigenvalue weighted by Crippen LogP contribution is 2.12. The van der Waals surface area contributed by atoms with Crippen molar-refractivity contribution in [3.8, 4) is 0 Å². The first kappa shape index (κ1) is 13.5. The number of hydrogen-bond donors (Lipinski definition) is 1. The summed E-state index contributed by atoms with van der Waals surface area (Å²) in [7, 11) is 0. The standard InChI is InChI=1S/C16H21N3/c1-12(2)15-10-11-18-16(19-15)5-3-4-13-6-8-14(17)9-7-13/h6-12H,3-5,17H2,1-2H3. The lowest BCUT2D eigenvalue weighted by Gasteiger charge is -2.06. The van der Waals surface area contributed by atoms with Gasteiger partial charge in [-0.2, -0.15) is 0 Å². The summed E-state index contributed by atoms with van der Waals surface area (Å²) in [6.07, 6.45) is 4.88. The summed E-state index contributed by atoms with van der Waals surface area (Å²) in [5.41, 5.74) is 8.92. The number of nitrogens with two attached hydrogens (primary N) is 1. The molecule has 0 aliphatic rings. The molecule has 0 aliphatic carbocycles. The molecular weight excluding hydrogens is 234 g/mol. The van der Waals surface area contributed by atoms with Gasteiger partial charge in [0.1, 0.15) is 5.82 Å². The van der Waals surface area contributed by atoms with Crippen LogP contribution in [0.25, 0.3) is 0 Å². The number of rotatable bonds is 5. The van der Waals surface area contributed by atoms with Gasteiger partial charge in [0.05, 0.1) is 0 Å². The van der Waals surface area contributed by atoms with Crippen LogP contribution in [0.3, 0.4) is 0 Å². The van der Waals surface area contributed by atoms with Gasteiger partial charge in [-0.05, 0) is 42.5 Å². The number of aryl methyl sites for hydroxylation is 2. The van der Waals surface area contributed by atoms with Crippen molar-refractivity contribution < 1.29 is 0 Å². The zero-order valence-electron chi connectivity index (χ0n) is 11.6. The van der Waals surface area contributed by atoms with Crippen molar-refractivity contribution in [2.24, 2.45) is 0 Å². The minimum absolute atomic E-state index is 0.457. The number of benzene rings is 1. The van der Waals surface area contributed by atoms with Crippen LogP contribution in [0.2, 0.25) is 0 Å². The maximum Gasteiger partial charge on any atom is 0.128 e. The predicted molar refractivity (Wildman–Crippen MR) is 79.0 cm³/mol. The first-order valence-corrected chi connectivity index (χ1v) is 6.81. The van der Waals surface area contributed by atoms with Gasteiger partial charge in [0.15, 0.2) is 0 Å². The van der Waals surface area contributed by atoms with Crippen LogP contribution in [-0.4, -0.2) is 9.97 Å². The maximum absolute atomic E-state index is 5.67. The van der Waals surface area contributed by atoms with Gasteiger partial charge in [0.25, 0.3) is 0 Å². The fourth-order valence-corrected chi connectivity index (χ4v) is 1.99. The minimum atomic E-state index is 0.457. The largest absolute Gasteiger partial charge is 0.399 e. The van der Waals surface area contributed by atoms with E-state index in [0.29, 0.717) is 5.92 Å². The molecule has 2 rings (SSSR count). The SMILES string of the molecule is CC(C)c1ccnc(CCCc2ccc(N)cc2)n1. The van der Waals surface area contributed by atoms with Crippen molar-refractivity contribution in [3.05, 3.63) is 53.6 Å². The van der Waals surface area contributed by atoms with Gasteiger partial charge in [0.2, 0.25) is 0 Å². The van der Waals surface area contributed by atoms with Crippen LogP contribution in [-0.2, 0) is 12.8 Å². The molecule has 2 N–H and O–H groups in total. The molecule has 3 heteroatoms. The lowest BCUT2D eigenvalue weighted by molar-refractivity contribution is 0.737. The van der Waals surface area contributed by atoms with Crippen LogP contribution in [0.15, 0.2) is 36.5 Å². The minimum Gasteiger partial charge on any atom is -0.399 e.